The lowest BCUT2D eigenvalue weighted by atomic mass is 9.87. The zero-order valence-electron chi connectivity index (χ0n) is 22.7. The number of ether oxygens (including phenoxy) is 1. The molecule has 0 fully saturated rings. The third-order valence-electron chi connectivity index (χ3n) is 6.32. The molecule has 2 aromatic heterocycles. The van der Waals surface area contributed by atoms with Crippen LogP contribution in [0.1, 0.15) is 31.9 Å². The zero-order chi connectivity index (χ0) is 28.3. The number of hydrogen-bond donors (Lipinski definition) is 1. The van der Waals surface area contributed by atoms with E-state index in [2.05, 4.69) is 41.4 Å². The van der Waals surface area contributed by atoms with Gasteiger partial charge in [-0.3, -0.25) is 9.59 Å². The summed E-state index contributed by atoms with van der Waals surface area (Å²) in [6, 6.07) is 22.6. The summed E-state index contributed by atoms with van der Waals surface area (Å²) in [5.74, 6) is 0.552. The molecule has 0 bridgehead atoms. The van der Waals surface area contributed by atoms with Crippen LogP contribution in [0.2, 0.25) is 0 Å². The molecule has 0 aliphatic carbocycles. The number of aromatic nitrogens is 4. The fourth-order valence-electron chi connectivity index (χ4n) is 4.21. The lowest BCUT2D eigenvalue weighted by Gasteiger charge is -2.21. The topological polar surface area (TPSA) is 112 Å². The Morgan fingerprint density at radius 3 is 2.45 bits per heavy atom. The van der Waals surface area contributed by atoms with Gasteiger partial charge in [0.1, 0.15) is 5.75 Å². The molecular weight excluding hydrogens is 526 g/mol. The number of rotatable bonds is 8. The quantitative estimate of drug-likeness (QED) is 0.249. The van der Waals surface area contributed by atoms with Crippen LogP contribution in [0.4, 0.5) is 5.69 Å². The molecule has 0 unspecified atom stereocenters. The van der Waals surface area contributed by atoms with Gasteiger partial charge in [0.15, 0.2) is 5.69 Å². The average molecular weight is 556 g/mol. The number of amides is 1. The molecule has 0 aliphatic heterocycles. The lowest BCUT2D eigenvalue weighted by Crippen LogP contribution is -2.24. The molecule has 5 rings (SSSR count). The smallest absolute Gasteiger partial charge is 0.277 e. The molecule has 10 heteroatoms. The summed E-state index contributed by atoms with van der Waals surface area (Å²) in [6.07, 6.45) is 0. The van der Waals surface area contributed by atoms with E-state index >= 15 is 0 Å². The minimum absolute atomic E-state index is 0.0478. The number of nitrogens with one attached hydrogen (secondary N) is 1. The van der Waals surface area contributed by atoms with E-state index in [1.807, 2.05) is 54.6 Å². The van der Waals surface area contributed by atoms with Gasteiger partial charge in [0, 0.05) is 5.39 Å². The highest BCUT2D eigenvalue weighted by Crippen LogP contribution is 2.32. The number of thioether (sulfide) groups is 1. The molecule has 3 aromatic carbocycles. The number of nitrogens with zero attached hydrogens (tertiary/aromatic N) is 4. The molecule has 9 nitrogen and oxygen atoms in total. The molecule has 0 saturated carbocycles. The minimum Gasteiger partial charge on any atom is -0.495 e. The van der Waals surface area contributed by atoms with Crippen molar-refractivity contribution in [1.82, 2.24) is 20.0 Å². The van der Waals surface area contributed by atoms with Gasteiger partial charge in [-0.15, -0.1) is 10.2 Å². The number of carbonyl (C=O) groups excluding carboxylic acids is 1. The van der Waals surface area contributed by atoms with Gasteiger partial charge in [-0.25, -0.2) is 4.68 Å². The summed E-state index contributed by atoms with van der Waals surface area (Å²) in [5.41, 5.74) is 2.73. The molecule has 0 aliphatic rings. The van der Waals surface area contributed by atoms with Crippen molar-refractivity contribution in [2.75, 3.05) is 18.2 Å². The average Bonchev–Trinajstić information content (AvgIpc) is 3.42. The van der Waals surface area contributed by atoms with Crippen molar-refractivity contribution >= 4 is 34.1 Å². The monoisotopic (exact) mass is 555 g/mol. The molecule has 0 saturated heterocycles. The molecule has 40 heavy (non-hydrogen) atoms. The van der Waals surface area contributed by atoms with Crippen molar-refractivity contribution in [1.29, 1.82) is 0 Å². The van der Waals surface area contributed by atoms with E-state index < -0.39 is 0 Å². The van der Waals surface area contributed by atoms with E-state index in [1.54, 1.807) is 25.3 Å². The molecular formula is C30H29N5O4S. The highest BCUT2D eigenvalue weighted by atomic mass is 32.2. The Hall–Kier alpha value is -4.44. The fraction of sp³-hybridized carbons (Fsp3) is 0.233. The van der Waals surface area contributed by atoms with Crippen molar-refractivity contribution in [3.8, 4) is 17.3 Å². The summed E-state index contributed by atoms with van der Waals surface area (Å²) in [7, 11) is 1.57. The van der Waals surface area contributed by atoms with E-state index in [0.29, 0.717) is 34.4 Å². The number of carbonyl (C=O) groups is 1. The van der Waals surface area contributed by atoms with Gasteiger partial charge in [0.05, 0.1) is 30.5 Å². The van der Waals surface area contributed by atoms with Crippen LogP contribution >= 0.6 is 11.8 Å². The van der Waals surface area contributed by atoms with Crippen LogP contribution in [-0.4, -0.2) is 38.7 Å². The summed E-state index contributed by atoms with van der Waals surface area (Å²) < 4.78 is 12.7. The molecule has 5 aromatic rings. The number of anilines is 1. The molecule has 0 radical (unpaired) electrons. The number of methoxy groups -OCH3 is 1. The minimum atomic E-state index is -0.242. The highest BCUT2D eigenvalue weighted by Gasteiger charge is 2.20. The Morgan fingerprint density at radius 2 is 1.73 bits per heavy atom. The van der Waals surface area contributed by atoms with Gasteiger partial charge in [0.25, 0.3) is 16.7 Å². The van der Waals surface area contributed by atoms with Crippen LogP contribution in [0.25, 0.3) is 22.4 Å². The maximum Gasteiger partial charge on any atom is 0.277 e. The van der Waals surface area contributed by atoms with Gasteiger partial charge in [0.2, 0.25) is 5.91 Å². The van der Waals surface area contributed by atoms with Gasteiger partial charge < -0.3 is 14.5 Å². The van der Waals surface area contributed by atoms with Crippen LogP contribution in [0, 0.1) is 0 Å². The van der Waals surface area contributed by atoms with Crippen LogP contribution < -0.4 is 15.6 Å². The predicted octanol–water partition coefficient (Wildman–Crippen LogP) is 5.53. The maximum atomic E-state index is 13.1. The van der Waals surface area contributed by atoms with Crippen LogP contribution in [-0.2, 0) is 16.8 Å². The van der Waals surface area contributed by atoms with Gasteiger partial charge >= 0.3 is 0 Å². The van der Waals surface area contributed by atoms with Gasteiger partial charge in [-0.05, 0) is 34.7 Å². The van der Waals surface area contributed by atoms with Gasteiger partial charge in [-0.1, -0.05) is 87.1 Å². The first-order valence-electron chi connectivity index (χ1n) is 12.7. The number of benzene rings is 3. The van der Waals surface area contributed by atoms with Crippen molar-refractivity contribution in [3.05, 3.63) is 94.3 Å². The third kappa shape index (κ3) is 5.91. The Labute approximate surface area is 235 Å². The maximum absolute atomic E-state index is 13.1. The Morgan fingerprint density at radius 1 is 1.00 bits per heavy atom. The predicted molar refractivity (Wildman–Crippen MR) is 156 cm³/mol. The van der Waals surface area contributed by atoms with Crippen molar-refractivity contribution in [2.24, 2.45) is 0 Å². The Balaban J connectivity index is 1.36. The van der Waals surface area contributed by atoms with Crippen LogP contribution in [0.15, 0.2) is 87.2 Å². The molecule has 1 amide bonds. The standard InChI is InChI=1S/C30H29N5O4S/c1-30(2,3)20-14-15-24(38-4)23(16-20)31-25(36)18-40-29-33-32-27(39-29)26-21-12-8-9-13-22(21)28(37)35(34-26)17-19-10-6-5-7-11-19/h5-16H,17-18H2,1-4H3,(H,31,36). The first kappa shape index (κ1) is 27.1. The summed E-state index contributed by atoms with van der Waals surface area (Å²) in [5, 5.41) is 17.1. The second-order valence-corrected chi connectivity index (χ2v) is 11.1. The van der Waals surface area contributed by atoms with Crippen LogP contribution in [0.3, 0.4) is 0 Å². The summed E-state index contributed by atoms with van der Waals surface area (Å²) in [6.45, 7) is 6.62. The summed E-state index contributed by atoms with van der Waals surface area (Å²) in [4.78, 5) is 25.9. The SMILES string of the molecule is COc1ccc(C(C)(C)C)cc1NC(=O)CSc1nnc(-c2nn(Cc3ccccc3)c(=O)c3ccccc23)o1. The van der Waals surface area contributed by atoms with Gasteiger partial charge in [-0.2, -0.15) is 5.10 Å². The molecule has 1 N–H and O–H groups in total. The first-order chi connectivity index (χ1) is 19.2. The number of hydrogen-bond acceptors (Lipinski definition) is 8. The van der Waals surface area contributed by atoms with E-state index in [4.69, 9.17) is 9.15 Å². The van der Waals surface area contributed by atoms with E-state index in [9.17, 15) is 9.59 Å². The molecule has 0 atom stereocenters. The van der Waals surface area contributed by atoms with E-state index in [-0.39, 0.29) is 33.7 Å². The largest absolute Gasteiger partial charge is 0.495 e. The van der Waals surface area contributed by atoms with Crippen molar-refractivity contribution < 1.29 is 13.9 Å². The second-order valence-electron chi connectivity index (χ2n) is 10.2. The Bertz CT molecular complexity index is 1720. The lowest BCUT2D eigenvalue weighted by molar-refractivity contribution is -0.113. The summed E-state index contributed by atoms with van der Waals surface area (Å²) >= 11 is 1.11. The fourth-order valence-corrected chi connectivity index (χ4v) is 4.77. The Kier molecular flexibility index (Phi) is 7.70. The highest BCUT2D eigenvalue weighted by molar-refractivity contribution is 7.99. The first-order valence-corrected chi connectivity index (χ1v) is 13.7. The molecule has 204 valence electrons. The zero-order valence-corrected chi connectivity index (χ0v) is 23.5. The number of fused-ring (bicyclic) bond motifs is 1. The van der Waals surface area contributed by atoms with Crippen LogP contribution in [0.5, 0.6) is 5.75 Å². The van der Waals surface area contributed by atoms with E-state index in [1.165, 1.54) is 4.68 Å². The third-order valence-corrected chi connectivity index (χ3v) is 7.14. The molecule has 2 heterocycles. The van der Waals surface area contributed by atoms with Crippen molar-refractivity contribution in [2.45, 2.75) is 38.0 Å². The molecule has 0 spiro atoms. The van der Waals surface area contributed by atoms with E-state index in [0.717, 1.165) is 22.9 Å². The van der Waals surface area contributed by atoms with Crippen molar-refractivity contribution in [3.63, 3.8) is 0 Å². The normalized spacial score (nSPS) is 11.5. The second kappa shape index (κ2) is 11.4.